The van der Waals surface area contributed by atoms with Gasteiger partial charge in [-0.1, -0.05) is 30.7 Å². The number of hydrogen-bond acceptors (Lipinski definition) is 2. The van der Waals surface area contributed by atoms with Gasteiger partial charge in [0.1, 0.15) is 12.2 Å². The minimum atomic E-state index is -0.369. The van der Waals surface area contributed by atoms with E-state index in [1.807, 2.05) is 28.9 Å². The molecule has 3 nitrogen and oxygen atoms in total. The Morgan fingerprint density at radius 3 is 2.38 bits per heavy atom. The molecule has 0 amide bonds. The van der Waals surface area contributed by atoms with E-state index in [9.17, 15) is 0 Å². The van der Waals surface area contributed by atoms with E-state index in [0.717, 1.165) is 24.4 Å². The molecule has 0 N–H and O–H groups in total. The highest BCUT2D eigenvalue weighted by Crippen LogP contribution is 2.32. The number of rotatable bonds is 7. The topological polar surface area (TPSA) is 30.7 Å². The summed E-state index contributed by atoms with van der Waals surface area (Å²) in [5, 5.41) is 4.96. The molecule has 0 bridgehead atoms. The fraction of sp³-hybridized carbons (Fsp3) is 0.467. The van der Waals surface area contributed by atoms with Gasteiger partial charge in [-0.15, -0.1) is 23.2 Å². The number of halogens is 3. The van der Waals surface area contributed by atoms with Crippen molar-refractivity contribution < 1.29 is 0 Å². The quantitative estimate of drug-likeness (QED) is 0.700. The molecule has 1 heterocycles. The summed E-state index contributed by atoms with van der Waals surface area (Å²) in [5.74, 6) is 1.74. The molecule has 0 saturated heterocycles. The van der Waals surface area contributed by atoms with Crippen molar-refractivity contribution in [3.8, 4) is 0 Å². The third-order valence-electron chi connectivity index (χ3n) is 3.60. The van der Waals surface area contributed by atoms with Gasteiger partial charge >= 0.3 is 0 Å². The fourth-order valence-corrected chi connectivity index (χ4v) is 3.23. The van der Waals surface area contributed by atoms with Crippen molar-refractivity contribution >= 4 is 34.8 Å². The van der Waals surface area contributed by atoms with Crippen molar-refractivity contribution in [2.75, 3.05) is 11.8 Å². The molecule has 0 saturated carbocycles. The van der Waals surface area contributed by atoms with Crippen LogP contribution in [0.2, 0.25) is 5.02 Å². The van der Waals surface area contributed by atoms with E-state index in [1.54, 1.807) is 6.33 Å². The average molecular weight is 347 g/mol. The number of aryl methyl sites for hydroxylation is 1. The van der Waals surface area contributed by atoms with Gasteiger partial charge in [0.2, 0.25) is 0 Å². The number of aromatic nitrogens is 3. The van der Waals surface area contributed by atoms with Gasteiger partial charge in [-0.25, -0.2) is 4.98 Å². The van der Waals surface area contributed by atoms with Gasteiger partial charge < -0.3 is 0 Å². The van der Waals surface area contributed by atoms with E-state index in [2.05, 4.69) is 17.0 Å². The molecule has 0 radical (unpaired) electrons. The van der Waals surface area contributed by atoms with Crippen molar-refractivity contribution in [3.63, 3.8) is 0 Å². The Kier molecular flexibility index (Phi) is 5.91. The molecule has 0 fully saturated rings. The SMILES string of the molecule is CCCn1ncnc1CC(CCl)(CCl)c1ccc(Cl)cc1. The van der Waals surface area contributed by atoms with Crippen molar-refractivity contribution in [3.05, 3.63) is 47.0 Å². The highest BCUT2D eigenvalue weighted by atomic mass is 35.5. The summed E-state index contributed by atoms with van der Waals surface area (Å²) in [6, 6.07) is 7.68. The standard InChI is InChI=1S/C15H18Cl3N3/c1-2-7-21-14(19-11-20-21)8-15(9-16,10-17)12-3-5-13(18)6-4-12/h3-6,11H,2,7-10H2,1H3. The second-order valence-electron chi connectivity index (χ2n) is 5.13. The Hall–Kier alpha value is -0.770. The largest absolute Gasteiger partial charge is 0.250 e. The van der Waals surface area contributed by atoms with Crippen molar-refractivity contribution in [1.29, 1.82) is 0 Å². The fourth-order valence-electron chi connectivity index (χ4n) is 2.32. The van der Waals surface area contributed by atoms with E-state index in [1.165, 1.54) is 0 Å². The maximum atomic E-state index is 6.27. The number of nitrogens with zero attached hydrogens (tertiary/aromatic N) is 3. The number of hydrogen-bond donors (Lipinski definition) is 0. The summed E-state index contributed by atoms with van der Waals surface area (Å²) in [6.45, 7) is 2.96. The lowest BCUT2D eigenvalue weighted by Crippen LogP contribution is -2.34. The number of alkyl halides is 2. The van der Waals surface area contributed by atoms with E-state index < -0.39 is 0 Å². The summed E-state index contributed by atoms with van der Waals surface area (Å²) < 4.78 is 1.92. The Balaban J connectivity index is 2.33. The minimum Gasteiger partial charge on any atom is -0.250 e. The zero-order chi connectivity index (χ0) is 15.3. The van der Waals surface area contributed by atoms with Crippen LogP contribution in [0.4, 0.5) is 0 Å². The summed E-state index contributed by atoms with van der Waals surface area (Å²) >= 11 is 18.5. The van der Waals surface area contributed by atoms with Crippen molar-refractivity contribution in [1.82, 2.24) is 14.8 Å². The van der Waals surface area contributed by atoms with Crippen LogP contribution >= 0.6 is 34.8 Å². The average Bonchev–Trinajstić information content (AvgIpc) is 2.93. The van der Waals surface area contributed by atoms with Crippen LogP contribution in [-0.2, 0) is 18.4 Å². The molecule has 0 aliphatic heterocycles. The third kappa shape index (κ3) is 3.71. The number of benzene rings is 1. The van der Waals surface area contributed by atoms with Gasteiger partial charge in [0.05, 0.1) is 0 Å². The molecule has 6 heteroatoms. The molecule has 2 aromatic rings. The van der Waals surface area contributed by atoms with Gasteiger partial charge in [-0.05, 0) is 24.1 Å². The molecule has 0 atom stereocenters. The first-order chi connectivity index (χ1) is 10.1. The molecular formula is C15H18Cl3N3. The summed E-state index contributed by atoms with van der Waals surface area (Å²) in [7, 11) is 0. The van der Waals surface area contributed by atoms with E-state index >= 15 is 0 Å². The highest BCUT2D eigenvalue weighted by molar-refractivity contribution is 6.30. The van der Waals surface area contributed by atoms with Crippen LogP contribution in [-0.4, -0.2) is 26.5 Å². The monoisotopic (exact) mass is 345 g/mol. The predicted octanol–water partition coefficient (Wildman–Crippen LogP) is 4.30. The third-order valence-corrected chi connectivity index (χ3v) is 4.87. The maximum absolute atomic E-state index is 6.27. The van der Waals surface area contributed by atoms with Crippen LogP contribution < -0.4 is 0 Å². The van der Waals surface area contributed by atoms with Crippen LogP contribution in [0.3, 0.4) is 0 Å². The lowest BCUT2D eigenvalue weighted by Gasteiger charge is -2.30. The molecule has 0 aliphatic rings. The Morgan fingerprint density at radius 2 is 1.81 bits per heavy atom. The predicted molar refractivity (Wildman–Crippen MR) is 88.6 cm³/mol. The highest BCUT2D eigenvalue weighted by Gasteiger charge is 2.33. The molecule has 114 valence electrons. The lowest BCUT2D eigenvalue weighted by atomic mass is 9.81. The van der Waals surface area contributed by atoms with Gasteiger partial charge in [-0.2, -0.15) is 5.10 Å². The van der Waals surface area contributed by atoms with E-state index in [0.29, 0.717) is 23.2 Å². The second kappa shape index (κ2) is 7.48. The summed E-state index contributed by atoms with van der Waals surface area (Å²) in [4.78, 5) is 4.37. The Bertz CT molecular complexity index is 562. The molecule has 2 rings (SSSR count). The second-order valence-corrected chi connectivity index (χ2v) is 6.10. The van der Waals surface area contributed by atoms with Crippen LogP contribution in [0.25, 0.3) is 0 Å². The van der Waals surface area contributed by atoms with Gasteiger partial charge in [0, 0.05) is 35.2 Å². The minimum absolute atomic E-state index is 0.369. The van der Waals surface area contributed by atoms with E-state index in [4.69, 9.17) is 34.8 Å². The van der Waals surface area contributed by atoms with Gasteiger partial charge in [-0.3, -0.25) is 4.68 Å². The molecule has 1 aromatic carbocycles. The summed E-state index contributed by atoms with van der Waals surface area (Å²) in [6.07, 6.45) is 3.24. The lowest BCUT2D eigenvalue weighted by molar-refractivity contribution is 0.481. The molecule has 0 unspecified atom stereocenters. The van der Waals surface area contributed by atoms with E-state index in [-0.39, 0.29) is 5.41 Å². The normalized spacial score (nSPS) is 11.8. The van der Waals surface area contributed by atoms with Gasteiger partial charge in [0.15, 0.2) is 0 Å². The molecule has 1 aromatic heterocycles. The zero-order valence-corrected chi connectivity index (χ0v) is 14.2. The molecular weight excluding hydrogens is 329 g/mol. The molecule has 0 spiro atoms. The molecule has 21 heavy (non-hydrogen) atoms. The summed E-state index contributed by atoms with van der Waals surface area (Å²) in [5.41, 5.74) is 0.703. The Morgan fingerprint density at radius 1 is 1.14 bits per heavy atom. The first-order valence-corrected chi connectivity index (χ1v) is 8.34. The van der Waals surface area contributed by atoms with Crippen LogP contribution in [0.15, 0.2) is 30.6 Å². The van der Waals surface area contributed by atoms with Crippen molar-refractivity contribution in [2.24, 2.45) is 0 Å². The van der Waals surface area contributed by atoms with Crippen molar-refractivity contribution in [2.45, 2.75) is 31.7 Å². The first-order valence-electron chi connectivity index (χ1n) is 6.90. The van der Waals surface area contributed by atoms with Crippen LogP contribution in [0.1, 0.15) is 24.7 Å². The van der Waals surface area contributed by atoms with Crippen LogP contribution in [0, 0.1) is 0 Å². The maximum Gasteiger partial charge on any atom is 0.138 e. The molecule has 0 aliphatic carbocycles. The Labute approximate surface area is 140 Å². The first kappa shape index (κ1) is 16.6. The van der Waals surface area contributed by atoms with Crippen LogP contribution in [0.5, 0.6) is 0 Å². The zero-order valence-electron chi connectivity index (χ0n) is 11.9. The smallest absolute Gasteiger partial charge is 0.138 e. The van der Waals surface area contributed by atoms with Gasteiger partial charge in [0.25, 0.3) is 0 Å².